The minimum atomic E-state index is -0.235. The molecule has 3 N–H and O–H groups in total. The van der Waals surface area contributed by atoms with Gasteiger partial charge in [0.25, 0.3) is 0 Å². The standard InChI is InChI=1S/C9H16N4OS/c1-6-11-12-9(13(6)10)15-8-5-3-2-4-7(8)14/h7-8,14H,2-5,10H2,1H3. The molecule has 2 unspecified atom stereocenters. The molecule has 1 heterocycles. The summed E-state index contributed by atoms with van der Waals surface area (Å²) in [7, 11) is 0. The van der Waals surface area contributed by atoms with Gasteiger partial charge in [-0.15, -0.1) is 10.2 Å². The van der Waals surface area contributed by atoms with Crippen LogP contribution in [-0.2, 0) is 0 Å². The second-order valence-corrected chi connectivity index (χ2v) is 5.11. The average Bonchev–Trinajstić information content (AvgIpc) is 2.53. The largest absolute Gasteiger partial charge is 0.392 e. The molecule has 0 amide bonds. The van der Waals surface area contributed by atoms with Crippen molar-refractivity contribution in [2.75, 3.05) is 5.84 Å². The number of rotatable bonds is 2. The van der Waals surface area contributed by atoms with E-state index in [2.05, 4.69) is 10.2 Å². The van der Waals surface area contributed by atoms with Crippen molar-refractivity contribution in [3.05, 3.63) is 5.82 Å². The summed E-state index contributed by atoms with van der Waals surface area (Å²) in [5.74, 6) is 6.45. The molecule has 0 bridgehead atoms. The predicted molar refractivity (Wildman–Crippen MR) is 59.0 cm³/mol. The number of nitrogens with two attached hydrogens (primary N) is 1. The molecule has 15 heavy (non-hydrogen) atoms. The third-order valence-electron chi connectivity index (χ3n) is 2.76. The van der Waals surface area contributed by atoms with Crippen LogP contribution in [0.3, 0.4) is 0 Å². The van der Waals surface area contributed by atoms with Crippen LogP contribution in [0.4, 0.5) is 0 Å². The van der Waals surface area contributed by atoms with Crippen molar-refractivity contribution in [1.82, 2.24) is 14.9 Å². The lowest BCUT2D eigenvalue weighted by molar-refractivity contribution is 0.137. The van der Waals surface area contributed by atoms with Gasteiger partial charge >= 0.3 is 0 Å². The molecule has 84 valence electrons. The molecule has 6 heteroatoms. The summed E-state index contributed by atoms with van der Waals surface area (Å²) >= 11 is 1.53. The first-order valence-corrected chi connectivity index (χ1v) is 6.08. The molecule has 0 spiro atoms. The summed E-state index contributed by atoms with van der Waals surface area (Å²) in [4.78, 5) is 0. The number of aryl methyl sites for hydroxylation is 1. The highest BCUT2D eigenvalue weighted by molar-refractivity contribution is 7.99. The third kappa shape index (κ3) is 2.26. The van der Waals surface area contributed by atoms with Crippen LogP contribution in [0.2, 0.25) is 0 Å². The second kappa shape index (κ2) is 4.40. The molecule has 1 aromatic heterocycles. The molecule has 0 radical (unpaired) electrons. The van der Waals surface area contributed by atoms with Gasteiger partial charge in [-0.1, -0.05) is 24.6 Å². The monoisotopic (exact) mass is 228 g/mol. The predicted octanol–water partition coefficient (Wildman–Crippen LogP) is 0.696. The van der Waals surface area contributed by atoms with E-state index in [1.165, 1.54) is 22.9 Å². The van der Waals surface area contributed by atoms with Gasteiger partial charge in [-0.2, -0.15) is 0 Å². The van der Waals surface area contributed by atoms with Crippen molar-refractivity contribution < 1.29 is 5.11 Å². The van der Waals surface area contributed by atoms with E-state index < -0.39 is 0 Å². The lowest BCUT2D eigenvalue weighted by atomic mass is 9.97. The van der Waals surface area contributed by atoms with Crippen LogP contribution in [-0.4, -0.2) is 31.3 Å². The van der Waals surface area contributed by atoms with Crippen molar-refractivity contribution >= 4 is 11.8 Å². The maximum absolute atomic E-state index is 9.81. The minimum absolute atomic E-state index is 0.213. The summed E-state index contributed by atoms with van der Waals surface area (Å²) in [6, 6.07) is 0. The zero-order chi connectivity index (χ0) is 10.8. The van der Waals surface area contributed by atoms with Gasteiger partial charge in [0.1, 0.15) is 5.82 Å². The topological polar surface area (TPSA) is 77.0 Å². The van der Waals surface area contributed by atoms with Gasteiger partial charge in [0.15, 0.2) is 0 Å². The number of nitrogen functional groups attached to an aromatic ring is 1. The van der Waals surface area contributed by atoms with E-state index in [4.69, 9.17) is 5.84 Å². The van der Waals surface area contributed by atoms with Crippen molar-refractivity contribution in [2.24, 2.45) is 0 Å². The Balaban J connectivity index is 2.04. The van der Waals surface area contributed by atoms with Crippen LogP contribution < -0.4 is 5.84 Å². The summed E-state index contributed by atoms with van der Waals surface area (Å²) in [5, 5.41) is 18.6. The van der Waals surface area contributed by atoms with Crippen molar-refractivity contribution in [3.63, 3.8) is 0 Å². The van der Waals surface area contributed by atoms with E-state index in [9.17, 15) is 5.11 Å². The van der Waals surface area contributed by atoms with E-state index >= 15 is 0 Å². The number of hydrogen-bond donors (Lipinski definition) is 2. The van der Waals surface area contributed by atoms with Gasteiger partial charge in [-0.05, 0) is 19.8 Å². The molecule has 1 aliphatic rings. The Morgan fingerprint density at radius 3 is 2.73 bits per heavy atom. The van der Waals surface area contributed by atoms with Gasteiger partial charge in [-0.3, -0.25) is 0 Å². The average molecular weight is 228 g/mol. The highest BCUT2D eigenvalue weighted by Crippen LogP contribution is 2.32. The Morgan fingerprint density at radius 2 is 2.13 bits per heavy atom. The van der Waals surface area contributed by atoms with Crippen LogP contribution in [0, 0.1) is 6.92 Å². The van der Waals surface area contributed by atoms with E-state index in [0.717, 1.165) is 19.3 Å². The van der Waals surface area contributed by atoms with Crippen LogP contribution in [0.25, 0.3) is 0 Å². The molecule has 2 rings (SSSR count). The zero-order valence-corrected chi connectivity index (χ0v) is 9.57. The molecular formula is C9H16N4OS. The first-order chi connectivity index (χ1) is 7.18. The number of thioether (sulfide) groups is 1. The number of aliphatic hydroxyl groups is 1. The molecule has 1 saturated carbocycles. The number of aromatic nitrogens is 3. The highest BCUT2D eigenvalue weighted by atomic mass is 32.2. The Kier molecular flexibility index (Phi) is 3.16. The van der Waals surface area contributed by atoms with E-state index in [0.29, 0.717) is 11.0 Å². The molecule has 0 aliphatic heterocycles. The van der Waals surface area contributed by atoms with Gasteiger partial charge in [0.05, 0.1) is 6.10 Å². The maximum Gasteiger partial charge on any atom is 0.210 e. The van der Waals surface area contributed by atoms with Gasteiger partial charge in [0, 0.05) is 5.25 Å². The summed E-state index contributed by atoms with van der Waals surface area (Å²) < 4.78 is 1.48. The third-order valence-corrected chi connectivity index (χ3v) is 4.10. The van der Waals surface area contributed by atoms with E-state index in [1.807, 2.05) is 6.92 Å². The number of nitrogens with zero attached hydrogens (tertiary/aromatic N) is 3. The van der Waals surface area contributed by atoms with Crippen molar-refractivity contribution in [2.45, 2.75) is 49.1 Å². The quantitative estimate of drug-likeness (QED) is 0.728. The fourth-order valence-corrected chi connectivity index (χ4v) is 2.96. The first kappa shape index (κ1) is 10.8. The molecule has 0 aromatic carbocycles. The van der Waals surface area contributed by atoms with Crippen LogP contribution in [0.15, 0.2) is 5.16 Å². The Hall–Kier alpha value is -0.750. The van der Waals surface area contributed by atoms with Gasteiger partial charge in [0.2, 0.25) is 5.16 Å². The van der Waals surface area contributed by atoms with Gasteiger partial charge < -0.3 is 10.9 Å². The van der Waals surface area contributed by atoms with Gasteiger partial charge in [-0.25, -0.2) is 4.68 Å². The SMILES string of the molecule is Cc1nnc(SC2CCCCC2O)n1N. The fraction of sp³-hybridized carbons (Fsp3) is 0.778. The van der Waals surface area contributed by atoms with E-state index in [-0.39, 0.29) is 11.4 Å². The second-order valence-electron chi connectivity index (χ2n) is 3.91. The first-order valence-electron chi connectivity index (χ1n) is 5.20. The molecule has 1 aliphatic carbocycles. The smallest absolute Gasteiger partial charge is 0.210 e. The Bertz CT molecular complexity index is 341. The molecular weight excluding hydrogens is 212 g/mol. The van der Waals surface area contributed by atoms with Crippen LogP contribution in [0.5, 0.6) is 0 Å². The summed E-state index contributed by atoms with van der Waals surface area (Å²) in [6.07, 6.45) is 3.97. The summed E-state index contributed by atoms with van der Waals surface area (Å²) in [5.41, 5.74) is 0. The molecule has 0 saturated heterocycles. The maximum atomic E-state index is 9.81. The molecule has 1 fully saturated rings. The van der Waals surface area contributed by atoms with Crippen LogP contribution >= 0.6 is 11.8 Å². The lowest BCUT2D eigenvalue weighted by Gasteiger charge is -2.26. The highest BCUT2D eigenvalue weighted by Gasteiger charge is 2.25. The lowest BCUT2D eigenvalue weighted by Crippen LogP contribution is -2.27. The Labute approximate surface area is 93.0 Å². The number of hydrogen-bond acceptors (Lipinski definition) is 5. The summed E-state index contributed by atoms with van der Waals surface area (Å²) in [6.45, 7) is 1.81. The zero-order valence-electron chi connectivity index (χ0n) is 8.76. The van der Waals surface area contributed by atoms with Crippen LogP contribution in [0.1, 0.15) is 31.5 Å². The van der Waals surface area contributed by atoms with Crippen molar-refractivity contribution in [3.8, 4) is 0 Å². The number of aliphatic hydroxyl groups excluding tert-OH is 1. The molecule has 5 nitrogen and oxygen atoms in total. The van der Waals surface area contributed by atoms with E-state index in [1.54, 1.807) is 0 Å². The molecule has 2 atom stereocenters. The fourth-order valence-electron chi connectivity index (χ4n) is 1.78. The molecule has 1 aromatic rings. The normalized spacial score (nSPS) is 26.8. The Morgan fingerprint density at radius 1 is 1.40 bits per heavy atom. The van der Waals surface area contributed by atoms with Crippen molar-refractivity contribution in [1.29, 1.82) is 0 Å². The minimum Gasteiger partial charge on any atom is -0.392 e.